The quantitative estimate of drug-likeness (QED) is 0.846. The summed E-state index contributed by atoms with van der Waals surface area (Å²) in [6.45, 7) is 1.12. The zero-order chi connectivity index (χ0) is 13.0. The highest BCUT2D eigenvalue weighted by atomic mass is 19.3. The maximum atomic E-state index is 12.2. The van der Waals surface area contributed by atoms with Gasteiger partial charge in [-0.15, -0.1) is 0 Å². The van der Waals surface area contributed by atoms with E-state index in [9.17, 15) is 8.78 Å². The number of alkyl halides is 2. The molecule has 18 heavy (non-hydrogen) atoms. The van der Waals surface area contributed by atoms with Gasteiger partial charge in [0, 0.05) is 17.8 Å². The smallest absolute Gasteiger partial charge is 0.387 e. The summed E-state index contributed by atoms with van der Waals surface area (Å²) in [5.41, 5.74) is 1.43. The van der Waals surface area contributed by atoms with Gasteiger partial charge >= 0.3 is 6.61 Å². The largest absolute Gasteiger partial charge is 0.434 e. The Bertz CT molecular complexity index is 449. The Hall–Kier alpha value is -1.85. The number of hydrogen-bond acceptors (Lipinski definition) is 4. The summed E-state index contributed by atoms with van der Waals surface area (Å²) in [5.74, 6) is 1.07. The molecule has 0 aliphatic carbocycles. The van der Waals surface area contributed by atoms with E-state index in [-0.39, 0.29) is 5.75 Å². The number of nitrogens with zero attached hydrogens (tertiary/aromatic N) is 1. The molecule has 6 heteroatoms. The molecule has 2 N–H and O–H groups in total. The van der Waals surface area contributed by atoms with Gasteiger partial charge < -0.3 is 15.4 Å². The van der Waals surface area contributed by atoms with Crippen LogP contribution in [0.5, 0.6) is 5.75 Å². The molecule has 1 aliphatic rings. The number of halogens is 2. The molecule has 0 saturated heterocycles. The van der Waals surface area contributed by atoms with Gasteiger partial charge in [-0.25, -0.2) is 0 Å². The lowest BCUT2D eigenvalue weighted by molar-refractivity contribution is -0.0502. The Labute approximate surface area is 104 Å². The maximum absolute atomic E-state index is 12.2. The molecule has 0 saturated carbocycles. The second-order valence-corrected chi connectivity index (χ2v) is 3.92. The third-order valence-corrected chi connectivity index (χ3v) is 2.69. The minimum absolute atomic E-state index is 0.191. The average molecular weight is 255 g/mol. The molecular weight excluding hydrogens is 240 g/mol. The van der Waals surface area contributed by atoms with Crippen LogP contribution < -0.4 is 15.4 Å². The lowest BCUT2D eigenvalue weighted by atomic mass is 10.2. The lowest BCUT2D eigenvalue weighted by Crippen LogP contribution is -2.26. The summed E-state index contributed by atoms with van der Waals surface area (Å²) >= 11 is 0. The Morgan fingerprint density at radius 3 is 3.00 bits per heavy atom. The fraction of sp³-hybridized carbons (Fsp3) is 0.417. The second-order valence-electron chi connectivity index (χ2n) is 3.92. The predicted molar refractivity (Wildman–Crippen MR) is 66.6 cm³/mol. The van der Waals surface area contributed by atoms with Crippen molar-refractivity contribution in [3.8, 4) is 5.75 Å². The molecule has 98 valence electrons. The van der Waals surface area contributed by atoms with Crippen molar-refractivity contribution >= 4 is 11.5 Å². The van der Waals surface area contributed by atoms with Crippen LogP contribution >= 0.6 is 0 Å². The number of benzene rings is 1. The minimum atomic E-state index is -2.81. The molecule has 0 amide bonds. The summed E-state index contributed by atoms with van der Waals surface area (Å²) in [5, 5.41) is 6.28. The van der Waals surface area contributed by atoms with Crippen molar-refractivity contribution < 1.29 is 13.5 Å². The summed E-state index contributed by atoms with van der Waals surface area (Å²) in [4.78, 5) is 4.24. The molecular formula is C12H15F2N3O. The fourth-order valence-corrected chi connectivity index (χ4v) is 1.77. The van der Waals surface area contributed by atoms with Gasteiger partial charge in [-0.2, -0.15) is 8.78 Å². The molecule has 0 bridgehead atoms. The molecule has 1 aromatic rings. The van der Waals surface area contributed by atoms with Crippen LogP contribution in [0.15, 0.2) is 23.2 Å². The van der Waals surface area contributed by atoms with Crippen molar-refractivity contribution in [1.82, 2.24) is 5.32 Å². The van der Waals surface area contributed by atoms with Crippen LogP contribution in [0.2, 0.25) is 0 Å². The number of aliphatic imine (C=N–C) groups is 1. The first-order chi connectivity index (χ1) is 8.66. The van der Waals surface area contributed by atoms with Gasteiger partial charge in [0.05, 0.1) is 13.1 Å². The monoisotopic (exact) mass is 255 g/mol. The predicted octanol–water partition coefficient (Wildman–Crippen LogP) is 2.01. The zero-order valence-corrected chi connectivity index (χ0v) is 10.0. The Balaban J connectivity index is 2.03. The molecule has 0 aromatic heterocycles. The van der Waals surface area contributed by atoms with E-state index in [0.29, 0.717) is 12.1 Å². The van der Waals surface area contributed by atoms with E-state index in [1.54, 1.807) is 13.0 Å². The Morgan fingerprint density at radius 1 is 1.50 bits per heavy atom. The molecule has 4 nitrogen and oxygen atoms in total. The topological polar surface area (TPSA) is 45.7 Å². The van der Waals surface area contributed by atoms with Crippen LogP contribution in [0.1, 0.15) is 5.56 Å². The van der Waals surface area contributed by atoms with E-state index in [1.807, 2.05) is 6.07 Å². The van der Waals surface area contributed by atoms with Gasteiger partial charge in [0.25, 0.3) is 0 Å². The standard InChI is InChI=1S/C12H15F2N3O/c1-8-9(17-7-11-15-5-6-16-11)3-2-4-10(8)18-12(13)14/h2-4,12,17H,5-7H2,1H3,(H,15,16). The highest BCUT2D eigenvalue weighted by molar-refractivity contribution is 5.87. The average Bonchev–Trinajstić information content (AvgIpc) is 2.83. The van der Waals surface area contributed by atoms with Crippen molar-refractivity contribution in [2.24, 2.45) is 4.99 Å². The summed E-state index contributed by atoms with van der Waals surface area (Å²) in [7, 11) is 0. The van der Waals surface area contributed by atoms with Gasteiger partial charge in [-0.05, 0) is 19.1 Å². The summed E-state index contributed by atoms with van der Waals surface area (Å²) in [6, 6.07) is 5.03. The molecule has 1 heterocycles. The summed E-state index contributed by atoms with van der Waals surface area (Å²) in [6.07, 6.45) is 0. The van der Waals surface area contributed by atoms with Crippen molar-refractivity contribution in [3.05, 3.63) is 23.8 Å². The molecule has 0 spiro atoms. The van der Waals surface area contributed by atoms with Crippen molar-refractivity contribution in [3.63, 3.8) is 0 Å². The molecule has 0 unspecified atom stereocenters. The van der Waals surface area contributed by atoms with Crippen molar-refractivity contribution in [2.45, 2.75) is 13.5 Å². The molecule has 1 aliphatic heterocycles. The first-order valence-electron chi connectivity index (χ1n) is 5.72. The van der Waals surface area contributed by atoms with Crippen molar-refractivity contribution in [2.75, 3.05) is 25.0 Å². The second kappa shape index (κ2) is 5.66. The minimum Gasteiger partial charge on any atom is -0.434 e. The van der Waals surface area contributed by atoms with E-state index in [1.165, 1.54) is 6.07 Å². The van der Waals surface area contributed by atoms with Crippen LogP contribution in [0.25, 0.3) is 0 Å². The third kappa shape index (κ3) is 3.09. The third-order valence-electron chi connectivity index (χ3n) is 2.69. The summed E-state index contributed by atoms with van der Waals surface area (Å²) < 4.78 is 28.8. The molecule has 2 rings (SSSR count). The number of amidine groups is 1. The van der Waals surface area contributed by atoms with Crippen molar-refractivity contribution in [1.29, 1.82) is 0 Å². The molecule has 1 aromatic carbocycles. The van der Waals surface area contributed by atoms with E-state index >= 15 is 0 Å². The fourth-order valence-electron chi connectivity index (χ4n) is 1.77. The van der Waals surface area contributed by atoms with Gasteiger partial charge in [0.1, 0.15) is 11.6 Å². The SMILES string of the molecule is Cc1c(NCC2=NCCN2)cccc1OC(F)F. The van der Waals surface area contributed by atoms with Gasteiger partial charge in [-0.1, -0.05) is 6.07 Å². The van der Waals surface area contributed by atoms with Gasteiger partial charge in [-0.3, -0.25) is 4.99 Å². The van der Waals surface area contributed by atoms with Crippen LogP contribution in [0.3, 0.4) is 0 Å². The van der Waals surface area contributed by atoms with Crippen LogP contribution in [0, 0.1) is 6.92 Å². The maximum Gasteiger partial charge on any atom is 0.387 e. The van der Waals surface area contributed by atoms with Crippen LogP contribution in [-0.2, 0) is 0 Å². The molecule has 0 atom stereocenters. The first kappa shape index (κ1) is 12.6. The molecule has 0 fully saturated rings. The normalized spacial score (nSPS) is 14.3. The number of nitrogens with one attached hydrogen (secondary N) is 2. The van der Waals surface area contributed by atoms with Gasteiger partial charge in [0.15, 0.2) is 0 Å². The number of anilines is 1. The van der Waals surface area contributed by atoms with E-state index in [4.69, 9.17) is 0 Å². The molecule has 0 radical (unpaired) electrons. The zero-order valence-electron chi connectivity index (χ0n) is 10.0. The Kier molecular flexibility index (Phi) is 3.96. The lowest BCUT2D eigenvalue weighted by Gasteiger charge is -2.13. The first-order valence-corrected chi connectivity index (χ1v) is 5.72. The van der Waals surface area contributed by atoms with E-state index < -0.39 is 6.61 Å². The highest BCUT2D eigenvalue weighted by Gasteiger charge is 2.11. The number of ether oxygens (including phenoxy) is 1. The van der Waals surface area contributed by atoms with Crippen LogP contribution in [-0.4, -0.2) is 32.1 Å². The highest BCUT2D eigenvalue weighted by Crippen LogP contribution is 2.26. The van der Waals surface area contributed by atoms with E-state index in [0.717, 1.165) is 24.6 Å². The van der Waals surface area contributed by atoms with Crippen LogP contribution in [0.4, 0.5) is 14.5 Å². The number of hydrogen-bond donors (Lipinski definition) is 2. The Morgan fingerprint density at radius 2 is 2.33 bits per heavy atom. The number of rotatable bonds is 5. The van der Waals surface area contributed by atoms with Gasteiger partial charge in [0.2, 0.25) is 0 Å². The van der Waals surface area contributed by atoms with E-state index in [2.05, 4.69) is 20.4 Å².